The number of hydrogen-bond donors (Lipinski definition) is 2. The van der Waals surface area contributed by atoms with Gasteiger partial charge in [-0.3, -0.25) is 10.1 Å². The first-order chi connectivity index (χ1) is 10.3. The molecule has 2 aliphatic rings. The number of ether oxygens (including phenoxy) is 1. The Labute approximate surface area is 125 Å². The Balaban J connectivity index is 1.55. The van der Waals surface area contributed by atoms with Crippen molar-refractivity contribution in [2.45, 2.75) is 51.9 Å². The lowest BCUT2D eigenvalue weighted by atomic mass is 9.67. The van der Waals surface area contributed by atoms with Gasteiger partial charge in [-0.25, -0.2) is 5.10 Å². The van der Waals surface area contributed by atoms with E-state index in [-0.39, 0.29) is 17.8 Å². The van der Waals surface area contributed by atoms with Crippen LogP contribution >= 0.6 is 0 Å². The molecule has 1 amide bonds. The summed E-state index contributed by atoms with van der Waals surface area (Å²) in [4.78, 5) is 16.5. The van der Waals surface area contributed by atoms with Gasteiger partial charge in [0, 0.05) is 5.92 Å². The van der Waals surface area contributed by atoms with Gasteiger partial charge in [-0.05, 0) is 38.0 Å². The zero-order chi connectivity index (χ0) is 14.7. The first-order valence-corrected chi connectivity index (χ1v) is 8.12. The number of anilines is 1. The van der Waals surface area contributed by atoms with Gasteiger partial charge in [-0.15, -0.1) is 5.10 Å². The monoisotopic (exact) mass is 292 g/mol. The summed E-state index contributed by atoms with van der Waals surface area (Å²) in [6.45, 7) is 2.38. The van der Waals surface area contributed by atoms with Crippen molar-refractivity contribution in [1.82, 2.24) is 15.2 Å². The summed E-state index contributed by atoms with van der Waals surface area (Å²) < 4.78 is 5.18. The number of H-pyrrole nitrogens is 1. The van der Waals surface area contributed by atoms with E-state index in [4.69, 9.17) is 4.74 Å². The topological polar surface area (TPSA) is 79.9 Å². The van der Waals surface area contributed by atoms with E-state index < -0.39 is 0 Å². The SMILES string of the molecule is CCOc1n[nH]c(NC(=O)C2CCC3CCCCC3C2)n1. The van der Waals surface area contributed by atoms with Crippen molar-refractivity contribution in [3.8, 4) is 6.01 Å². The fourth-order valence-corrected chi connectivity index (χ4v) is 3.83. The van der Waals surface area contributed by atoms with Crippen LogP contribution in [0, 0.1) is 17.8 Å². The lowest BCUT2D eigenvalue weighted by Gasteiger charge is -2.38. The van der Waals surface area contributed by atoms with Crippen LogP contribution < -0.4 is 10.1 Å². The van der Waals surface area contributed by atoms with Crippen LogP contribution in [0.2, 0.25) is 0 Å². The summed E-state index contributed by atoms with van der Waals surface area (Å²) in [5.74, 6) is 2.17. The van der Waals surface area contributed by atoms with E-state index in [2.05, 4.69) is 20.5 Å². The van der Waals surface area contributed by atoms with Gasteiger partial charge < -0.3 is 4.74 Å². The van der Waals surface area contributed by atoms with Crippen LogP contribution in [0.5, 0.6) is 6.01 Å². The molecule has 2 saturated carbocycles. The second kappa shape index (κ2) is 6.45. The number of hydrogen-bond acceptors (Lipinski definition) is 4. The smallest absolute Gasteiger partial charge is 0.337 e. The highest BCUT2D eigenvalue weighted by atomic mass is 16.5. The third kappa shape index (κ3) is 3.36. The van der Waals surface area contributed by atoms with E-state index in [1.54, 1.807) is 0 Å². The summed E-state index contributed by atoms with van der Waals surface area (Å²) in [5.41, 5.74) is 0. The Bertz CT molecular complexity index is 488. The van der Waals surface area contributed by atoms with E-state index >= 15 is 0 Å². The summed E-state index contributed by atoms with van der Waals surface area (Å²) in [7, 11) is 0. The predicted molar refractivity (Wildman–Crippen MR) is 79.0 cm³/mol. The molecule has 0 radical (unpaired) electrons. The third-order valence-corrected chi connectivity index (χ3v) is 4.89. The Kier molecular flexibility index (Phi) is 4.41. The zero-order valence-corrected chi connectivity index (χ0v) is 12.6. The molecule has 2 fully saturated rings. The molecule has 3 rings (SSSR count). The van der Waals surface area contributed by atoms with Gasteiger partial charge in [0.15, 0.2) is 0 Å². The molecular formula is C15H24N4O2. The molecule has 0 bridgehead atoms. The maximum Gasteiger partial charge on any atom is 0.337 e. The van der Waals surface area contributed by atoms with Crippen LogP contribution in [-0.4, -0.2) is 27.7 Å². The quantitative estimate of drug-likeness (QED) is 0.894. The van der Waals surface area contributed by atoms with Crippen LogP contribution in [-0.2, 0) is 4.79 Å². The molecule has 2 aliphatic carbocycles. The maximum atomic E-state index is 12.4. The minimum absolute atomic E-state index is 0.0678. The van der Waals surface area contributed by atoms with Crippen molar-refractivity contribution in [3.63, 3.8) is 0 Å². The molecule has 2 N–H and O–H groups in total. The molecule has 0 saturated heterocycles. The van der Waals surface area contributed by atoms with E-state index in [0.29, 0.717) is 12.6 Å². The second-order valence-corrected chi connectivity index (χ2v) is 6.20. The zero-order valence-electron chi connectivity index (χ0n) is 12.6. The summed E-state index contributed by atoms with van der Waals surface area (Å²) >= 11 is 0. The largest absolute Gasteiger partial charge is 0.463 e. The Morgan fingerprint density at radius 1 is 1.29 bits per heavy atom. The third-order valence-electron chi connectivity index (χ3n) is 4.89. The highest BCUT2D eigenvalue weighted by molar-refractivity contribution is 5.90. The molecule has 0 aliphatic heterocycles. The van der Waals surface area contributed by atoms with Crippen LogP contribution in [0.1, 0.15) is 51.9 Å². The number of carbonyl (C=O) groups is 1. The van der Waals surface area contributed by atoms with Crippen LogP contribution in [0.25, 0.3) is 0 Å². The molecule has 6 heteroatoms. The van der Waals surface area contributed by atoms with Gasteiger partial charge in [-0.2, -0.15) is 4.98 Å². The lowest BCUT2D eigenvalue weighted by molar-refractivity contribution is -0.122. The highest BCUT2D eigenvalue weighted by Gasteiger charge is 2.35. The number of aromatic amines is 1. The molecule has 3 unspecified atom stereocenters. The van der Waals surface area contributed by atoms with Gasteiger partial charge in [0.1, 0.15) is 0 Å². The average Bonchev–Trinajstić information content (AvgIpc) is 2.94. The van der Waals surface area contributed by atoms with Crippen molar-refractivity contribution in [2.75, 3.05) is 11.9 Å². The van der Waals surface area contributed by atoms with Crippen molar-refractivity contribution in [3.05, 3.63) is 0 Å². The van der Waals surface area contributed by atoms with Crippen molar-refractivity contribution in [2.24, 2.45) is 17.8 Å². The van der Waals surface area contributed by atoms with E-state index in [1.165, 1.54) is 32.1 Å². The molecular weight excluding hydrogens is 268 g/mol. The molecule has 1 aromatic heterocycles. The number of nitrogens with zero attached hydrogens (tertiary/aromatic N) is 2. The van der Waals surface area contributed by atoms with E-state index in [1.807, 2.05) is 6.92 Å². The first kappa shape index (κ1) is 14.4. The molecule has 0 spiro atoms. The maximum absolute atomic E-state index is 12.4. The number of amides is 1. The number of fused-ring (bicyclic) bond motifs is 1. The van der Waals surface area contributed by atoms with Crippen LogP contribution in [0.4, 0.5) is 5.95 Å². The second-order valence-electron chi connectivity index (χ2n) is 6.20. The van der Waals surface area contributed by atoms with Crippen LogP contribution in [0.15, 0.2) is 0 Å². The molecule has 1 aromatic rings. The minimum Gasteiger partial charge on any atom is -0.463 e. The number of rotatable bonds is 4. The van der Waals surface area contributed by atoms with Gasteiger partial charge in [0.2, 0.25) is 11.9 Å². The number of aromatic nitrogens is 3. The lowest BCUT2D eigenvalue weighted by Crippen LogP contribution is -2.34. The predicted octanol–water partition coefficient (Wildman–Crippen LogP) is 2.75. The van der Waals surface area contributed by atoms with Crippen molar-refractivity contribution >= 4 is 11.9 Å². The van der Waals surface area contributed by atoms with Gasteiger partial charge in [0.05, 0.1) is 6.61 Å². The molecule has 0 aromatic carbocycles. The Hall–Kier alpha value is -1.59. The Morgan fingerprint density at radius 2 is 2.10 bits per heavy atom. The van der Waals surface area contributed by atoms with Crippen molar-refractivity contribution < 1.29 is 9.53 Å². The normalized spacial score (nSPS) is 28.7. The Morgan fingerprint density at radius 3 is 2.90 bits per heavy atom. The molecule has 6 nitrogen and oxygen atoms in total. The standard InChI is InChI=1S/C15H24N4O2/c1-2-21-15-17-14(18-19-15)16-13(20)12-8-7-10-5-3-4-6-11(10)9-12/h10-12H,2-9H2,1H3,(H2,16,17,18,19,20). The fourth-order valence-electron chi connectivity index (χ4n) is 3.83. The fraction of sp³-hybridized carbons (Fsp3) is 0.800. The summed E-state index contributed by atoms with van der Waals surface area (Å²) in [6, 6.07) is 0.281. The van der Waals surface area contributed by atoms with Gasteiger partial charge in [-0.1, -0.05) is 25.7 Å². The van der Waals surface area contributed by atoms with Gasteiger partial charge >= 0.3 is 6.01 Å². The van der Waals surface area contributed by atoms with Gasteiger partial charge in [0.25, 0.3) is 0 Å². The van der Waals surface area contributed by atoms with E-state index in [0.717, 1.165) is 24.7 Å². The number of nitrogens with one attached hydrogen (secondary N) is 2. The minimum atomic E-state index is 0.0678. The average molecular weight is 292 g/mol. The summed E-state index contributed by atoms with van der Waals surface area (Å²) in [6.07, 6.45) is 8.58. The molecule has 21 heavy (non-hydrogen) atoms. The summed E-state index contributed by atoms with van der Waals surface area (Å²) in [5, 5.41) is 9.43. The highest BCUT2D eigenvalue weighted by Crippen LogP contribution is 2.42. The van der Waals surface area contributed by atoms with Crippen molar-refractivity contribution in [1.29, 1.82) is 0 Å². The van der Waals surface area contributed by atoms with Crippen LogP contribution in [0.3, 0.4) is 0 Å². The molecule has 1 heterocycles. The van der Waals surface area contributed by atoms with E-state index in [9.17, 15) is 4.79 Å². The molecule has 116 valence electrons. The number of carbonyl (C=O) groups excluding carboxylic acids is 1. The first-order valence-electron chi connectivity index (χ1n) is 8.12. The molecule has 3 atom stereocenters.